The lowest BCUT2D eigenvalue weighted by Crippen LogP contribution is -2.32. The molecule has 0 radical (unpaired) electrons. The molecule has 0 aliphatic carbocycles. The first kappa shape index (κ1) is 28.3. The average molecular weight is 576 g/mol. The van der Waals surface area contributed by atoms with Crippen molar-refractivity contribution in [1.82, 2.24) is 4.98 Å². The van der Waals surface area contributed by atoms with Gasteiger partial charge in [-0.3, -0.25) is 4.98 Å². The fraction of sp³-hybridized carbons (Fsp3) is 0.0769. The molecule has 4 heteroatoms. The summed E-state index contributed by atoms with van der Waals surface area (Å²) in [6, 6.07) is 56.1. The minimum atomic E-state index is -1.93. The molecule has 1 heterocycles. The van der Waals surface area contributed by atoms with E-state index in [0.717, 1.165) is 35.9 Å². The first-order valence-electron chi connectivity index (χ1n) is 14.7. The average Bonchev–Trinajstić information content (AvgIpc) is 3.09. The Morgan fingerprint density at radius 1 is 0.535 bits per heavy atom. The Labute approximate surface area is 255 Å². The summed E-state index contributed by atoms with van der Waals surface area (Å²) in [4.78, 5) is 4.41. The van der Waals surface area contributed by atoms with Crippen LogP contribution in [0.25, 0.3) is 5.43 Å². The molecule has 0 saturated heterocycles. The molecule has 0 bridgehead atoms. The minimum Gasteiger partial charge on any atom is -0.576 e. The number of pyridine rings is 1. The Morgan fingerprint density at radius 3 is 1.60 bits per heavy atom. The summed E-state index contributed by atoms with van der Waals surface area (Å²) in [5.41, 5.74) is 9.98. The lowest BCUT2D eigenvalue weighted by molar-refractivity contribution is 0.914. The van der Waals surface area contributed by atoms with E-state index in [1.807, 2.05) is 36.7 Å². The first-order valence-corrected chi connectivity index (χ1v) is 16.6. The Morgan fingerprint density at radius 2 is 1.07 bits per heavy atom. The molecule has 0 spiro atoms. The lowest BCUT2D eigenvalue weighted by atomic mass is 10.1. The molecular formula is C39H34N3P. The van der Waals surface area contributed by atoms with Gasteiger partial charge in [-0.1, -0.05) is 109 Å². The van der Waals surface area contributed by atoms with Gasteiger partial charge >= 0.3 is 0 Å². The molecule has 3 nitrogen and oxygen atoms in total. The highest BCUT2D eigenvalue weighted by Gasteiger charge is 2.45. The highest BCUT2D eigenvalue weighted by Crippen LogP contribution is 2.58. The van der Waals surface area contributed by atoms with Crippen LogP contribution >= 0.6 is 7.26 Å². The summed E-state index contributed by atoms with van der Waals surface area (Å²) in [6.45, 7) is 0. The van der Waals surface area contributed by atoms with Crippen LogP contribution in [-0.2, 0) is 19.0 Å². The molecule has 0 fully saturated rings. The van der Waals surface area contributed by atoms with Crippen molar-refractivity contribution in [3.8, 4) is 0 Å². The number of rotatable bonds is 11. The standard InChI is InChI=1S/C39H34N3P/c1-4-13-37(14-5-1)43(38-15-6-2-7-16-38,39-17-8-3-9-18-39)31-34-21-19-33(20-22-34)30-41-42-36-27-24-32(25-28-36)23-26-35-12-10-11-29-40-35/h1-22,24-25,27-30H,23,26,31H2/b41-30+. The molecule has 43 heavy (non-hydrogen) atoms. The third-order valence-corrected chi connectivity index (χ3v) is 12.1. The van der Waals surface area contributed by atoms with Crippen LogP contribution in [0.3, 0.4) is 0 Å². The predicted octanol–water partition coefficient (Wildman–Crippen LogP) is 8.40. The van der Waals surface area contributed by atoms with Crippen LogP contribution < -0.4 is 15.9 Å². The predicted molar refractivity (Wildman–Crippen MR) is 184 cm³/mol. The Bertz CT molecular complexity index is 1620. The van der Waals surface area contributed by atoms with Gasteiger partial charge in [0.2, 0.25) is 0 Å². The second-order valence-corrected chi connectivity index (χ2v) is 14.0. The molecule has 6 aromatic rings. The van der Waals surface area contributed by atoms with E-state index in [0.29, 0.717) is 0 Å². The van der Waals surface area contributed by atoms with E-state index in [2.05, 4.69) is 149 Å². The molecule has 0 aliphatic heterocycles. The molecule has 210 valence electrons. The first-order chi connectivity index (χ1) is 21.3. The van der Waals surface area contributed by atoms with Crippen LogP contribution in [-0.4, -0.2) is 11.2 Å². The summed E-state index contributed by atoms with van der Waals surface area (Å²) >= 11 is 0. The van der Waals surface area contributed by atoms with Crippen molar-refractivity contribution >= 4 is 35.1 Å². The van der Waals surface area contributed by atoms with Gasteiger partial charge in [-0.2, -0.15) is 0 Å². The van der Waals surface area contributed by atoms with Crippen molar-refractivity contribution in [2.24, 2.45) is 5.10 Å². The zero-order valence-corrected chi connectivity index (χ0v) is 25.0. The normalized spacial score (nSPS) is 11.4. The second kappa shape index (κ2) is 13.9. The highest BCUT2D eigenvalue weighted by atomic mass is 31.2. The number of nitrogens with zero attached hydrogens (tertiary/aromatic N) is 3. The van der Waals surface area contributed by atoms with Gasteiger partial charge in [0, 0.05) is 18.1 Å². The van der Waals surface area contributed by atoms with E-state index >= 15 is 0 Å². The molecular weight excluding hydrogens is 541 g/mol. The number of benzene rings is 5. The van der Waals surface area contributed by atoms with Crippen molar-refractivity contribution in [1.29, 1.82) is 0 Å². The third kappa shape index (κ3) is 6.97. The molecule has 0 atom stereocenters. The van der Waals surface area contributed by atoms with Gasteiger partial charge in [-0.25, -0.2) is 0 Å². The van der Waals surface area contributed by atoms with Crippen LogP contribution in [0.1, 0.15) is 22.4 Å². The quantitative estimate of drug-likeness (QED) is 0.0869. The fourth-order valence-corrected chi connectivity index (χ4v) is 9.71. The van der Waals surface area contributed by atoms with Crippen molar-refractivity contribution in [2.75, 3.05) is 0 Å². The Balaban J connectivity index is 1.17. The Hall–Kier alpha value is -4.85. The topological polar surface area (TPSA) is 39.4 Å². The fourth-order valence-electron chi connectivity index (χ4n) is 5.46. The monoisotopic (exact) mass is 575 g/mol. The number of aryl methyl sites for hydroxylation is 2. The summed E-state index contributed by atoms with van der Waals surface area (Å²) in [6.07, 6.45) is 6.50. The third-order valence-electron chi connectivity index (χ3n) is 7.70. The number of aromatic nitrogens is 1. The van der Waals surface area contributed by atoms with Crippen molar-refractivity contribution in [3.63, 3.8) is 0 Å². The maximum absolute atomic E-state index is 4.42. The molecule has 0 N–H and O–H groups in total. The van der Waals surface area contributed by atoms with Crippen molar-refractivity contribution in [3.05, 3.63) is 192 Å². The minimum absolute atomic E-state index is 0.845. The van der Waals surface area contributed by atoms with Gasteiger partial charge < -0.3 is 10.5 Å². The summed E-state index contributed by atoms with van der Waals surface area (Å²) in [7, 11) is -1.93. The van der Waals surface area contributed by atoms with Crippen LogP contribution in [0.2, 0.25) is 0 Å². The maximum atomic E-state index is 4.42. The second-order valence-electron chi connectivity index (χ2n) is 10.5. The highest BCUT2D eigenvalue weighted by molar-refractivity contribution is 7.95. The van der Waals surface area contributed by atoms with E-state index in [4.69, 9.17) is 0 Å². The molecule has 6 rings (SSSR count). The smallest absolute Gasteiger partial charge is 0.116 e. The molecule has 0 aliphatic rings. The van der Waals surface area contributed by atoms with Gasteiger partial charge in [0.1, 0.15) is 23.2 Å². The van der Waals surface area contributed by atoms with E-state index in [-0.39, 0.29) is 0 Å². The van der Waals surface area contributed by atoms with Crippen LogP contribution in [0, 0.1) is 0 Å². The summed E-state index contributed by atoms with van der Waals surface area (Å²) in [5.74, 6) is 0. The summed E-state index contributed by atoms with van der Waals surface area (Å²) in [5, 5.41) is 8.54. The zero-order valence-electron chi connectivity index (χ0n) is 24.1. The van der Waals surface area contributed by atoms with E-state index < -0.39 is 7.26 Å². The largest absolute Gasteiger partial charge is 0.576 e. The van der Waals surface area contributed by atoms with Crippen molar-refractivity contribution in [2.45, 2.75) is 19.0 Å². The molecule has 0 unspecified atom stereocenters. The van der Waals surface area contributed by atoms with Crippen LogP contribution in [0.15, 0.2) is 169 Å². The van der Waals surface area contributed by atoms with E-state index in [9.17, 15) is 0 Å². The molecule has 0 saturated carbocycles. The lowest BCUT2D eigenvalue weighted by Gasteiger charge is -2.28. The van der Waals surface area contributed by atoms with Crippen LogP contribution in [0.5, 0.6) is 0 Å². The van der Waals surface area contributed by atoms with Crippen LogP contribution in [0.4, 0.5) is 5.69 Å². The van der Waals surface area contributed by atoms with Gasteiger partial charge in [0.25, 0.3) is 0 Å². The number of hydrogen-bond donors (Lipinski definition) is 0. The van der Waals surface area contributed by atoms with Crippen molar-refractivity contribution < 1.29 is 0 Å². The zero-order chi connectivity index (χ0) is 29.2. The Kier molecular flexibility index (Phi) is 9.13. The SMILES string of the molecule is C(=N\[N-]c1ccc(CCc2ccccn2)cc1)/c1ccc(C[P+](c2ccccc2)(c2ccccc2)c2ccccc2)cc1. The summed E-state index contributed by atoms with van der Waals surface area (Å²) < 4.78 is 0. The maximum Gasteiger partial charge on any atom is 0.116 e. The van der Waals surface area contributed by atoms with Gasteiger partial charge in [0.05, 0.1) is 6.16 Å². The van der Waals surface area contributed by atoms with E-state index in [1.54, 1.807) is 0 Å². The molecule has 1 aromatic heterocycles. The number of hydrogen-bond acceptors (Lipinski definition) is 2. The van der Waals surface area contributed by atoms with E-state index in [1.165, 1.54) is 27.0 Å². The van der Waals surface area contributed by atoms with Gasteiger partial charge in [-0.05, 0) is 78.1 Å². The van der Waals surface area contributed by atoms with Gasteiger partial charge in [0.15, 0.2) is 0 Å². The van der Waals surface area contributed by atoms with Gasteiger partial charge in [-0.15, -0.1) is 5.69 Å². The molecule has 0 amide bonds. The molecule has 5 aromatic carbocycles.